The van der Waals surface area contributed by atoms with E-state index in [1.807, 2.05) is 0 Å². The van der Waals surface area contributed by atoms with E-state index in [2.05, 4.69) is 4.90 Å². The average Bonchev–Trinajstić information content (AvgIpc) is 2.62. The van der Waals surface area contributed by atoms with Crippen LogP contribution in [-0.2, 0) is 22.1 Å². The molecule has 0 radical (unpaired) electrons. The standard InChI is InChI=1S/C19H26F3NO2.ClH/c20-19(21,22)16-6-2-1-5-15(16)9-12-25-18-8-4-3-7-17(18)23-10-13-24-14-11-23;/h1-2,5-6,17-18H,3-4,7-14H2;1H/t17-,18?;/m1./s1. The zero-order chi connectivity index (χ0) is 17.7. The third-order valence-corrected chi connectivity index (χ3v) is 5.21. The molecule has 1 heterocycles. The monoisotopic (exact) mass is 393 g/mol. The molecule has 2 aliphatic rings. The molecule has 1 saturated carbocycles. The van der Waals surface area contributed by atoms with Crippen LogP contribution < -0.4 is 0 Å². The maximum absolute atomic E-state index is 13.1. The van der Waals surface area contributed by atoms with Crippen LogP contribution in [0.15, 0.2) is 24.3 Å². The molecule has 0 bridgehead atoms. The predicted molar refractivity (Wildman–Crippen MR) is 96.8 cm³/mol. The Morgan fingerprint density at radius 3 is 2.50 bits per heavy atom. The summed E-state index contributed by atoms with van der Waals surface area (Å²) >= 11 is 0. The minimum absolute atomic E-state index is 0. The van der Waals surface area contributed by atoms with Gasteiger partial charge >= 0.3 is 6.18 Å². The lowest BCUT2D eigenvalue weighted by Crippen LogP contribution is -2.51. The van der Waals surface area contributed by atoms with Gasteiger partial charge in [0, 0.05) is 19.1 Å². The van der Waals surface area contributed by atoms with E-state index in [4.69, 9.17) is 9.47 Å². The molecule has 0 aromatic heterocycles. The van der Waals surface area contributed by atoms with Crippen molar-refractivity contribution in [2.45, 2.75) is 50.4 Å². The van der Waals surface area contributed by atoms with Gasteiger partial charge in [-0.05, 0) is 30.9 Å². The average molecular weight is 394 g/mol. The normalized spacial score (nSPS) is 24.9. The first-order chi connectivity index (χ1) is 12.1. The van der Waals surface area contributed by atoms with Crippen molar-refractivity contribution < 1.29 is 22.6 Å². The number of hydrogen-bond acceptors (Lipinski definition) is 3. The molecule has 0 amide bonds. The first-order valence-corrected chi connectivity index (χ1v) is 9.14. The van der Waals surface area contributed by atoms with Crippen molar-refractivity contribution >= 4 is 12.4 Å². The van der Waals surface area contributed by atoms with Gasteiger partial charge in [0.2, 0.25) is 0 Å². The number of nitrogens with zero attached hydrogens (tertiary/aromatic N) is 1. The van der Waals surface area contributed by atoms with Crippen LogP contribution in [0.1, 0.15) is 36.8 Å². The van der Waals surface area contributed by atoms with E-state index in [0.29, 0.717) is 24.6 Å². The van der Waals surface area contributed by atoms with E-state index in [0.717, 1.165) is 51.6 Å². The van der Waals surface area contributed by atoms with E-state index in [-0.39, 0.29) is 18.5 Å². The van der Waals surface area contributed by atoms with Crippen LogP contribution in [-0.4, -0.2) is 50.0 Å². The van der Waals surface area contributed by atoms with Crippen LogP contribution in [0, 0.1) is 0 Å². The Kier molecular flexibility index (Phi) is 8.20. The van der Waals surface area contributed by atoms with Crippen LogP contribution >= 0.6 is 12.4 Å². The number of morpholine rings is 1. The maximum atomic E-state index is 13.1. The van der Waals surface area contributed by atoms with Crippen molar-refractivity contribution in [3.05, 3.63) is 35.4 Å². The number of benzene rings is 1. The number of alkyl halides is 3. The summed E-state index contributed by atoms with van der Waals surface area (Å²) < 4.78 is 50.7. The van der Waals surface area contributed by atoms with Crippen molar-refractivity contribution in [1.82, 2.24) is 4.90 Å². The quantitative estimate of drug-likeness (QED) is 0.743. The molecule has 7 heteroatoms. The van der Waals surface area contributed by atoms with Gasteiger partial charge in [-0.15, -0.1) is 12.4 Å². The Bertz CT molecular complexity index is 550. The Labute approximate surface area is 159 Å². The lowest BCUT2D eigenvalue weighted by Gasteiger charge is -2.41. The highest BCUT2D eigenvalue weighted by atomic mass is 35.5. The summed E-state index contributed by atoms with van der Waals surface area (Å²) in [7, 11) is 0. The van der Waals surface area contributed by atoms with Gasteiger partial charge in [0.1, 0.15) is 0 Å². The fourth-order valence-electron chi connectivity index (χ4n) is 3.93. The SMILES string of the molecule is Cl.FC(F)(F)c1ccccc1CCOC1CCCC[C@H]1N1CCOCC1. The van der Waals surface area contributed by atoms with Crippen molar-refractivity contribution in [2.75, 3.05) is 32.9 Å². The fourth-order valence-corrected chi connectivity index (χ4v) is 3.93. The molecule has 3 nitrogen and oxygen atoms in total. The molecule has 3 rings (SSSR count). The minimum Gasteiger partial charge on any atom is -0.379 e. The molecule has 1 saturated heterocycles. The van der Waals surface area contributed by atoms with Gasteiger partial charge in [0.05, 0.1) is 31.5 Å². The van der Waals surface area contributed by atoms with E-state index in [9.17, 15) is 13.2 Å². The van der Waals surface area contributed by atoms with Crippen LogP contribution in [0.25, 0.3) is 0 Å². The van der Waals surface area contributed by atoms with Gasteiger partial charge in [-0.25, -0.2) is 0 Å². The number of ether oxygens (including phenoxy) is 2. The zero-order valence-corrected chi connectivity index (χ0v) is 15.7. The van der Waals surface area contributed by atoms with Gasteiger partial charge in [0.15, 0.2) is 0 Å². The van der Waals surface area contributed by atoms with Crippen LogP contribution in [0.4, 0.5) is 13.2 Å². The molecule has 2 atom stereocenters. The smallest absolute Gasteiger partial charge is 0.379 e. The summed E-state index contributed by atoms with van der Waals surface area (Å²) in [5, 5.41) is 0. The Balaban J connectivity index is 0.00000243. The Hall–Kier alpha value is -0.820. The summed E-state index contributed by atoms with van der Waals surface area (Å²) in [6, 6.07) is 6.15. The second-order valence-corrected chi connectivity index (χ2v) is 6.81. The molecular formula is C19H27ClF3NO2. The van der Waals surface area contributed by atoms with E-state index < -0.39 is 11.7 Å². The lowest BCUT2D eigenvalue weighted by atomic mass is 9.91. The van der Waals surface area contributed by atoms with Gasteiger partial charge in [-0.1, -0.05) is 31.0 Å². The molecule has 148 valence electrons. The van der Waals surface area contributed by atoms with Crippen LogP contribution in [0.5, 0.6) is 0 Å². The van der Waals surface area contributed by atoms with E-state index in [1.54, 1.807) is 12.1 Å². The van der Waals surface area contributed by atoms with Gasteiger partial charge in [-0.2, -0.15) is 13.2 Å². The third-order valence-electron chi connectivity index (χ3n) is 5.21. The third kappa shape index (κ3) is 5.59. The maximum Gasteiger partial charge on any atom is 0.416 e. The van der Waals surface area contributed by atoms with Gasteiger partial charge < -0.3 is 9.47 Å². The molecule has 2 fully saturated rings. The number of rotatable bonds is 5. The highest BCUT2D eigenvalue weighted by Gasteiger charge is 2.34. The van der Waals surface area contributed by atoms with E-state index >= 15 is 0 Å². The molecule has 1 aromatic carbocycles. The highest BCUT2D eigenvalue weighted by Crippen LogP contribution is 2.32. The van der Waals surface area contributed by atoms with Crippen LogP contribution in [0.2, 0.25) is 0 Å². The largest absolute Gasteiger partial charge is 0.416 e. The van der Waals surface area contributed by atoms with Crippen molar-refractivity contribution in [3.8, 4) is 0 Å². The molecule has 1 unspecified atom stereocenters. The summed E-state index contributed by atoms with van der Waals surface area (Å²) in [5.74, 6) is 0. The highest BCUT2D eigenvalue weighted by molar-refractivity contribution is 5.85. The molecular weight excluding hydrogens is 367 g/mol. The molecule has 26 heavy (non-hydrogen) atoms. The topological polar surface area (TPSA) is 21.7 Å². The lowest BCUT2D eigenvalue weighted by molar-refractivity contribution is -0.138. The van der Waals surface area contributed by atoms with Crippen molar-refractivity contribution in [2.24, 2.45) is 0 Å². The summed E-state index contributed by atoms with van der Waals surface area (Å²) in [6.07, 6.45) is 0.514. The zero-order valence-electron chi connectivity index (χ0n) is 14.8. The Morgan fingerprint density at radius 2 is 1.77 bits per heavy atom. The Morgan fingerprint density at radius 1 is 1.08 bits per heavy atom. The second kappa shape index (κ2) is 9.93. The van der Waals surface area contributed by atoms with Gasteiger partial charge in [-0.3, -0.25) is 4.90 Å². The van der Waals surface area contributed by atoms with E-state index in [1.165, 1.54) is 12.5 Å². The number of halogens is 4. The van der Waals surface area contributed by atoms with Crippen LogP contribution in [0.3, 0.4) is 0 Å². The predicted octanol–water partition coefficient (Wildman–Crippen LogP) is 4.33. The molecule has 0 spiro atoms. The fraction of sp³-hybridized carbons (Fsp3) is 0.684. The van der Waals surface area contributed by atoms with Gasteiger partial charge in [0.25, 0.3) is 0 Å². The first kappa shape index (κ1) is 21.5. The summed E-state index contributed by atoms with van der Waals surface area (Å²) in [5.41, 5.74) is -0.235. The van der Waals surface area contributed by atoms with Crippen molar-refractivity contribution in [1.29, 1.82) is 0 Å². The second-order valence-electron chi connectivity index (χ2n) is 6.81. The molecule has 0 N–H and O–H groups in total. The minimum atomic E-state index is -4.31. The molecule has 1 aliphatic heterocycles. The molecule has 1 aliphatic carbocycles. The summed E-state index contributed by atoms with van der Waals surface area (Å²) in [6.45, 7) is 3.67. The number of hydrogen-bond donors (Lipinski definition) is 0. The summed E-state index contributed by atoms with van der Waals surface area (Å²) in [4.78, 5) is 2.43. The first-order valence-electron chi connectivity index (χ1n) is 9.14. The van der Waals surface area contributed by atoms with Crippen molar-refractivity contribution in [3.63, 3.8) is 0 Å². The molecule has 1 aromatic rings.